The van der Waals surface area contributed by atoms with Gasteiger partial charge in [0, 0.05) is 6.04 Å². The predicted octanol–water partition coefficient (Wildman–Crippen LogP) is 3.02. The van der Waals surface area contributed by atoms with E-state index in [1.807, 2.05) is 55.5 Å². The summed E-state index contributed by atoms with van der Waals surface area (Å²) in [5, 5.41) is 12.7. The van der Waals surface area contributed by atoms with Crippen molar-refractivity contribution in [3.8, 4) is 11.5 Å². The van der Waals surface area contributed by atoms with Crippen LogP contribution in [0.15, 0.2) is 48.5 Å². The van der Waals surface area contributed by atoms with Gasteiger partial charge < -0.3 is 19.9 Å². The lowest BCUT2D eigenvalue weighted by Gasteiger charge is -2.20. The minimum Gasteiger partial charge on any atom is -0.480 e. The highest BCUT2D eigenvalue weighted by molar-refractivity contribution is 5.74. The van der Waals surface area contributed by atoms with Crippen LogP contribution in [0.4, 0.5) is 0 Å². The second kappa shape index (κ2) is 8.03. The zero-order chi connectivity index (χ0) is 17.6. The Kier molecular flexibility index (Phi) is 5.56. The molecule has 0 spiro atoms. The zero-order valence-corrected chi connectivity index (χ0v) is 14.3. The van der Waals surface area contributed by atoms with Crippen molar-refractivity contribution < 1.29 is 19.4 Å². The first-order valence-electron chi connectivity index (χ1n) is 8.53. The van der Waals surface area contributed by atoms with Crippen molar-refractivity contribution in [1.29, 1.82) is 0 Å². The van der Waals surface area contributed by atoms with Crippen molar-refractivity contribution in [2.75, 3.05) is 6.79 Å². The third-order valence-corrected chi connectivity index (χ3v) is 4.37. The minimum absolute atomic E-state index is 0.0928. The summed E-state index contributed by atoms with van der Waals surface area (Å²) in [5.41, 5.74) is 2.18. The average molecular weight is 341 g/mol. The molecule has 0 bridgehead atoms. The molecule has 0 fully saturated rings. The maximum atomic E-state index is 11.5. The second-order valence-corrected chi connectivity index (χ2v) is 6.37. The second-order valence-electron chi connectivity index (χ2n) is 6.37. The molecule has 5 heteroatoms. The number of hydrogen-bond acceptors (Lipinski definition) is 4. The SMILES string of the molecule is CC(CCc1ccc2c(c1)OCO2)N[C@@H](Cc1ccccc1)C(=O)O. The summed E-state index contributed by atoms with van der Waals surface area (Å²) in [7, 11) is 0. The van der Waals surface area contributed by atoms with Crippen molar-refractivity contribution in [1.82, 2.24) is 5.32 Å². The van der Waals surface area contributed by atoms with Crippen LogP contribution in [0.3, 0.4) is 0 Å². The molecule has 5 nitrogen and oxygen atoms in total. The maximum Gasteiger partial charge on any atom is 0.321 e. The molecule has 2 N–H and O–H groups in total. The number of aryl methyl sites for hydroxylation is 1. The van der Waals surface area contributed by atoms with Crippen LogP contribution in [-0.4, -0.2) is 30.0 Å². The molecule has 132 valence electrons. The number of nitrogens with one attached hydrogen (secondary N) is 1. The van der Waals surface area contributed by atoms with E-state index in [4.69, 9.17) is 9.47 Å². The van der Waals surface area contributed by atoms with Crippen LogP contribution in [0.2, 0.25) is 0 Å². The van der Waals surface area contributed by atoms with E-state index < -0.39 is 12.0 Å². The fraction of sp³-hybridized carbons (Fsp3) is 0.350. The van der Waals surface area contributed by atoms with Gasteiger partial charge in [-0.3, -0.25) is 4.79 Å². The van der Waals surface area contributed by atoms with Gasteiger partial charge in [-0.05, 0) is 49.4 Å². The summed E-state index contributed by atoms with van der Waals surface area (Å²) in [6, 6.07) is 15.1. The van der Waals surface area contributed by atoms with E-state index in [0.717, 1.165) is 35.5 Å². The maximum absolute atomic E-state index is 11.5. The first kappa shape index (κ1) is 17.3. The highest BCUT2D eigenvalue weighted by Gasteiger charge is 2.20. The molecule has 0 radical (unpaired) electrons. The predicted molar refractivity (Wildman–Crippen MR) is 95.1 cm³/mol. The van der Waals surface area contributed by atoms with Gasteiger partial charge >= 0.3 is 5.97 Å². The standard InChI is InChI=1S/C20H23NO4/c1-14(7-8-16-9-10-18-19(12-16)25-13-24-18)21-17(20(22)23)11-15-5-3-2-4-6-15/h2-6,9-10,12,14,17,21H,7-8,11,13H2,1H3,(H,22,23)/t14?,17-/m0/s1. The monoisotopic (exact) mass is 341 g/mol. The number of rotatable bonds is 8. The summed E-state index contributed by atoms with van der Waals surface area (Å²) in [6.45, 7) is 2.30. The van der Waals surface area contributed by atoms with Crippen LogP contribution in [0.1, 0.15) is 24.5 Å². The molecular formula is C20H23NO4. The molecule has 2 aromatic carbocycles. The van der Waals surface area contributed by atoms with E-state index in [2.05, 4.69) is 5.32 Å². The highest BCUT2D eigenvalue weighted by Crippen LogP contribution is 2.32. The van der Waals surface area contributed by atoms with Crippen molar-refractivity contribution >= 4 is 5.97 Å². The number of fused-ring (bicyclic) bond motifs is 1. The number of aliphatic carboxylic acids is 1. The molecule has 1 unspecified atom stereocenters. The molecule has 2 aromatic rings. The van der Waals surface area contributed by atoms with Gasteiger partial charge in [0.1, 0.15) is 6.04 Å². The fourth-order valence-electron chi connectivity index (χ4n) is 2.97. The number of benzene rings is 2. The summed E-state index contributed by atoms with van der Waals surface area (Å²) in [5.74, 6) is 0.744. The first-order valence-corrected chi connectivity index (χ1v) is 8.53. The number of carboxylic acid groups (broad SMARTS) is 1. The molecule has 0 aliphatic carbocycles. The third-order valence-electron chi connectivity index (χ3n) is 4.37. The Morgan fingerprint density at radius 2 is 1.88 bits per heavy atom. The van der Waals surface area contributed by atoms with Crippen LogP contribution in [0.5, 0.6) is 11.5 Å². The molecule has 1 aliphatic heterocycles. The van der Waals surface area contributed by atoms with Gasteiger partial charge in [-0.1, -0.05) is 36.4 Å². The summed E-state index contributed by atoms with van der Waals surface area (Å²) in [6.07, 6.45) is 2.17. The lowest BCUT2D eigenvalue weighted by molar-refractivity contribution is -0.139. The van der Waals surface area contributed by atoms with E-state index in [-0.39, 0.29) is 12.8 Å². The molecule has 0 saturated heterocycles. The van der Waals surface area contributed by atoms with Gasteiger partial charge in [0.15, 0.2) is 11.5 Å². The molecular weight excluding hydrogens is 318 g/mol. The van der Waals surface area contributed by atoms with E-state index in [9.17, 15) is 9.90 Å². The van der Waals surface area contributed by atoms with Crippen LogP contribution in [0, 0.1) is 0 Å². The quantitative estimate of drug-likeness (QED) is 0.772. The van der Waals surface area contributed by atoms with Crippen molar-refractivity contribution in [2.45, 2.75) is 38.3 Å². The van der Waals surface area contributed by atoms with Crippen LogP contribution in [-0.2, 0) is 17.6 Å². The van der Waals surface area contributed by atoms with Gasteiger partial charge in [-0.2, -0.15) is 0 Å². The molecule has 2 atom stereocenters. The Bertz CT molecular complexity index is 717. The smallest absolute Gasteiger partial charge is 0.321 e. The number of carboxylic acids is 1. The van der Waals surface area contributed by atoms with E-state index >= 15 is 0 Å². The van der Waals surface area contributed by atoms with Gasteiger partial charge in [0.25, 0.3) is 0 Å². The van der Waals surface area contributed by atoms with Crippen molar-refractivity contribution in [3.05, 3.63) is 59.7 Å². The summed E-state index contributed by atoms with van der Waals surface area (Å²) >= 11 is 0. The normalized spacial score (nSPS) is 14.9. The Labute approximate surface area is 147 Å². The van der Waals surface area contributed by atoms with E-state index in [1.54, 1.807) is 0 Å². The van der Waals surface area contributed by atoms with Crippen molar-refractivity contribution in [2.24, 2.45) is 0 Å². The van der Waals surface area contributed by atoms with Gasteiger partial charge in [-0.25, -0.2) is 0 Å². The lowest BCUT2D eigenvalue weighted by atomic mass is 10.0. The van der Waals surface area contributed by atoms with Gasteiger partial charge in [-0.15, -0.1) is 0 Å². The first-order chi connectivity index (χ1) is 12.1. The van der Waals surface area contributed by atoms with Crippen LogP contribution < -0.4 is 14.8 Å². The minimum atomic E-state index is -0.821. The molecule has 0 aromatic heterocycles. The molecule has 25 heavy (non-hydrogen) atoms. The highest BCUT2D eigenvalue weighted by atomic mass is 16.7. The van der Waals surface area contributed by atoms with Crippen LogP contribution >= 0.6 is 0 Å². The molecule has 0 amide bonds. The van der Waals surface area contributed by atoms with E-state index in [0.29, 0.717) is 6.42 Å². The fourth-order valence-corrected chi connectivity index (χ4v) is 2.97. The molecule has 1 aliphatic rings. The zero-order valence-electron chi connectivity index (χ0n) is 14.3. The number of hydrogen-bond donors (Lipinski definition) is 2. The molecule has 0 saturated carbocycles. The Hall–Kier alpha value is -2.53. The topological polar surface area (TPSA) is 67.8 Å². The third kappa shape index (κ3) is 4.73. The largest absolute Gasteiger partial charge is 0.480 e. The van der Waals surface area contributed by atoms with E-state index in [1.165, 1.54) is 0 Å². The summed E-state index contributed by atoms with van der Waals surface area (Å²) < 4.78 is 10.7. The van der Waals surface area contributed by atoms with Gasteiger partial charge in [0.05, 0.1) is 0 Å². The number of carbonyl (C=O) groups is 1. The van der Waals surface area contributed by atoms with Crippen LogP contribution in [0.25, 0.3) is 0 Å². The molecule has 1 heterocycles. The summed E-state index contributed by atoms with van der Waals surface area (Å²) in [4.78, 5) is 11.5. The lowest BCUT2D eigenvalue weighted by Crippen LogP contribution is -2.43. The van der Waals surface area contributed by atoms with Gasteiger partial charge in [0.2, 0.25) is 6.79 Å². The Morgan fingerprint density at radius 3 is 2.64 bits per heavy atom. The number of ether oxygens (including phenoxy) is 2. The Morgan fingerprint density at radius 1 is 1.12 bits per heavy atom. The average Bonchev–Trinajstić information content (AvgIpc) is 3.08. The molecule has 3 rings (SSSR count). The van der Waals surface area contributed by atoms with Crippen molar-refractivity contribution in [3.63, 3.8) is 0 Å². The Balaban J connectivity index is 1.53.